The molecule has 1 amide bonds. The van der Waals surface area contributed by atoms with Gasteiger partial charge in [-0.2, -0.15) is 0 Å². The van der Waals surface area contributed by atoms with E-state index in [1.165, 1.54) is 6.33 Å². The molecule has 2 aromatic heterocycles. The fraction of sp³-hybridized carbons (Fsp3) is 0.0476. The molecule has 0 saturated heterocycles. The average molecular weight is 387 g/mol. The summed E-state index contributed by atoms with van der Waals surface area (Å²) in [6.45, 7) is 0. The molecule has 0 aliphatic heterocycles. The van der Waals surface area contributed by atoms with Crippen molar-refractivity contribution in [1.82, 2.24) is 15.0 Å². The number of carbonyl (C=O) groups excluding carboxylic acids is 1. The molecule has 29 heavy (non-hydrogen) atoms. The lowest BCUT2D eigenvalue weighted by atomic mass is 10.2. The molecule has 4 rings (SSSR count). The molecule has 0 spiro atoms. The van der Waals surface area contributed by atoms with Gasteiger partial charge in [0.1, 0.15) is 23.6 Å². The molecule has 0 atom stereocenters. The van der Waals surface area contributed by atoms with Gasteiger partial charge in [0.2, 0.25) is 5.88 Å². The van der Waals surface area contributed by atoms with E-state index in [-0.39, 0.29) is 5.91 Å². The second-order valence-electron chi connectivity index (χ2n) is 6.09. The standard InChI is InChI=1S/C21H17N5O3/c1-28-18-11-17-15(10-16(18)22)21(25-12-24-17)29-14-7-5-13(6-8-14)20(27)26-19-4-2-3-9-23-19/h2-12H,22H2,1H3,(H,23,26,27). The van der Waals surface area contributed by atoms with Gasteiger partial charge < -0.3 is 20.5 Å². The van der Waals surface area contributed by atoms with Gasteiger partial charge in [-0.3, -0.25) is 4.79 Å². The van der Waals surface area contributed by atoms with Gasteiger partial charge in [-0.25, -0.2) is 15.0 Å². The first kappa shape index (κ1) is 18.2. The summed E-state index contributed by atoms with van der Waals surface area (Å²) in [6.07, 6.45) is 3.02. The van der Waals surface area contributed by atoms with Crippen LogP contribution in [0.25, 0.3) is 10.9 Å². The third-order valence-corrected chi connectivity index (χ3v) is 4.19. The molecular weight excluding hydrogens is 370 g/mol. The Hall–Kier alpha value is -4.20. The summed E-state index contributed by atoms with van der Waals surface area (Å²) < 4.78 is 11.1. The number of anilines is 2. The van der Waals surface area contributed by atoms with Crippen molar-refractivity contribution in [1.29, 1.82) is 0 Å². The number of benzene rings is 2. The molecule has 0 saturated carbocycles. The van der Waals surface area contributed by atoms with E-state index in [4.69, 9.17) is 15.2 Å². The number of ether oxygens (including phenoxy) is 2. The van der Waals surface area contributed by atoms with Crippen LogP contribution in [0.4, 0.5) is 11.5 Å². The number of fused-ring (bicyclic) bond motifs is 1. The molecule has 8 nitrogen and oxygen atoms in total. The zero-order valence-corrected chi connectivity index (χ0v) is 15.5. The summed E-state index contributed by atoms with van der Waals surface area (Å²) in [4.78, 5) is 24.8. The maximum Gasteiger partial charge on any atom is 0.256 e. The predicted octanol–water partition coefficient (Wildman–Crippen LogP) is 3.66. The zero-order valence-electron chi connectivity index (χ0n) is 15.5. The average Bonchev–Trinajstić information content (AvgIpc) is 2.75. The summed E-state index contributed by atoms with van der Waals surface area (Å²) in [5, 5.41) is 3.39. The van der Waals surface area contributed by atoms with Crippen LogP contribution in [-0.2, 0) is 0 Å². The second-order valence-corrected chi connectivity index (χ2v) is 6.09. The van der Waals surface area contributed by atoms with Crippen LogP contribution >= 0.6 is 0 Å². The first-order valence-electron chi connectivity index (χ1n) is 8.72. The fourth-order valence-corrected chi connectivity index (χ4v) is 2.75. The maximum absolute atomic E-state index is 12.3. The number of nitrogen functional groups attached to an aromatic ring is 1. The Labute approximate surface area is 166 Å². The molecular formula is C21H17N5O3. The van der Waals surface area contributed by atoms with Crippen LogP contribution in [0.15, 0.2) is 67.1 Å². The number of hydrogen-bond acceptors (Lipinski definition) is 7. The van der Waals surface area contributed by atoms with Gasteiger partial charge in [0, 0.05) is 17.8 Å². The van der Waals surface area contributed by atoms with Crippen LogP contribution in [0.2, 0.25) is 0 Å². The number of nitrogens with one attached hydrogen (secondary N) is 1. The Kier molecular flexibility index (Phi) is 4.90. The molecule has 0 unspecified atom stereocenters. The Balaban J connectivity index is 1.54. The highest BCUT2D eigenvalue weighted by molar-refractivity contribution is 6.03. The van der Waals surface area contributed by atoms with Crippen molar-refractivity contribution in [2.45, 2.75) is 0 Å². The van der Waals surface area contributed by atoms with Crippen molar-refractivity contribution in [3.8, 4) is 17.4 Å². The lowest BCUT2D eigenvalue weighted by molar-refractivity contribution is 0.102. The van der Waals surface area contributed by atoms with Crippen LogP contribution in [0.3, 0.4) is 0 Å². The van der Waals surface area contributed by atoms with Crippen molar-refractivity contribution >= 4 is 28.3 Å². The fourth-order valence-electron chi connectivity index (χ4n) is 2.75. The van der Waals surface area contributed by atoms with Crippen LogP contribution in [0.1, 0.15) is 10.4 Å². The zero-order chi connectivity index (χ0) is 20.2. The minimum atomic E-state index is -0.261. The third-order valence-electron chi connectivity index (χ3n) is 4.19. The number of nitrogens with zero attached hydrogens (tertiary/aromatic N) is 3. The Bertz CT molecular complexity index is 1160. The smallest absolute Gasteiger partial charge is 0.256 e. The minimum Gasteiger partial charge on any atom is -0.495 e. The highest BCUT2D eigenvalue weighted by Crippen LogP contribution is 2.32. The molecule has 0 bridgehead atoms. The predicted molar refractivity (Wildman–Crippen MR) is 109 cm³/mol. The largest absolute Gasteiger partial charge is 0.495 e. The number of methoxy groups -OCH3 is 1. The number of pyridine rings is 1. The van der Waals surface area contributed by atoms with Crippen LogP contribution in [0, 0.1) is 0 Å². The Morgan fingerprint density at radius 3 is 2.59 bits per heavy atom. The molecule has 0 aliphatic rings. The number of aromatic nitrogens is 3. The topological polar surface area (TPSA) is 112 Å². The van der Waals surface area contributed by atoms with E-state index >= 15 is 0 Å². The van der Waals surface area contributed by atoms with Crippen molar-refractivity contribution < 1.29 is 14.3 Å². The van der Waals surface area contributed by atoms with Crippen LogP contribution in [-0.4, -0.2) is 28.0 Å². The molecule has 0 aliphatic carbocycles. The van der Waals surface area contributed by atoms with Crippen LogP contribution < -0.4 is 20.5 Å². The van der Waals surface area contributed by atoms with Crippen molar-refractivity contribution in [2.75, 3.05) is 18.2 Å². The minimum absolute atomic E-state index is 0.261. The number of hydrogen-bond donors (Lipinski definition) is 2. The monoisotopic (exact) mass is 387 g/mol. The van der Waals surface area contributed by atoms with Gasteiger partial charge in [0.15, 0.2) is 0 Å². The molecule has 0 radical (unpaired) electrons. The van der Waals surface area contributed by atoms with Crippen molar-refractivity contribution in [3.05, 3.63) is 72.7 Å². The first-order valence-corrected chi connectivity index (χ1v) is 8.72. The molecule has 144 valence electrons. The number of amides is 1. The van der Waals surface area contributed by atoms with E-state index in [0.29, 0.717) is 45.4 Å². The van der Waals surface area contributed by atoms with E-state index in [9.17, 15) is 4.79 Å². The maximum atomic E-state index is 12.3. The highest BCUT2D eigenvalue weighted by atomic mass is 16.5. The quantitative estimate of drug-likeness (QED) is 0.503. The van der Waals surface area contributed by atoms with E-state index in [1.807, 2.05) is 0 Å². The lowest BCUT2D eigenvalue weighted by Gasteiger charge is -2.10. The van der Waals surface area contributed by atoms with E-state index in [1.54, 1.807) is 67.9 Å². The highest BCUT2D eigenvalue weighted by Gasteiger charge is 2.11. The second kappa shape index (κ2) is 7.81. The Morgan fingerprint density at radius 1 is 1.03 bits per heavy atom. The summed E-state index contributed by atoms with van der Waals surface area (Å²) in [7, 11) is 1.54. The van der Waals surface area contributed by atoms with Gasteiger partial charge >= 0.3 is 0 Å². The van der Waals surface area contributed by atoms with Gasteiger partial charge in [-0.15, -0.1) is 0 Å². The van der Waals surface area contributed by atoms with Gasteiger partial charge in [-0.05, 0) is 42.5 Å². The molecule has 2 aromatic carbocycles. The first-order chi connectivity index (χ1) is 14.1. The molecule has 4 aromatic rings. The van der Waals surface area contributed by atoms with E-state index in [0.717, 1.165) is 0 Å². The van der Waals surface area contributed by atoms with Gasteiger partial charge in [0.05, 0.1) is 23.7 Å². The van der Waals surface area contributed by atoms with Crippen LogP contribution in [0.5, 0.6) is 17.4 Å². The van der Waals surface area contributed by atoms with E-state index < -0.39 is 0 Å². The normalized spacial score (nSPS) is 10.5. The van der Waals surface area contributed by atoms with Gasteiger partial charge in [-0.1, -0.05) is 6.07 Å². The SMILES string of the molecule is COc1cc2ncnc(Oc3ccc(C(=O)Nc4ccccn4)cc3)c2cc1N. The number of carbonyl (C=O) groups is 1. The summed E-state index contributed by atoms with van der Waals surface area (Å²) in [5.74, 6) is 1.63. The Morgan fingerprint density at radius 2 is 1.86 bits per heavy atom. The summed E-state index contributed by atoms with van der Waals surface area (Å²) in [5.41, 5.74) is 7.57. The number of nitrogens with two attached hydrogens (primary N) is 1. The number of rotatable bonds is 5. The van der Waals surface area contributed by atoms with E-state index in [2.05, 4.69) is 20.3 Å². The molecule has 3 N–H and O–H groups in total. The molecule has 0 fully saturated rings. The molecule has 8 heteroatoms. The summed E-state index contributed by atoms with van der Waals surface area (Å²) in [6, 6.07) is 15.4. The van der Waals surface area contributed by atoms with Gasteiger partial charge in [0.25, 0.3) is 5.91 Å². The summed E-state index contributed by atoms with van der Waals surface area (Å²) >= 11 is 0. The molecule has 2 heterocycles. The van der Waals surface area contributed by atoms with Crippen molar-refractivity contribution in [2.24, 2.45) is 0 Å². The lowest BCUT2D eigenvalue weighted by Crippen LogP contribution is -2.12. The van der Waals surface area contributed by atoms with Crippen molar-refractivity contribution in [3.63, 3.8) is 0 Å². The third kappa shape index (κ3) is 3.91.